The summed E-state index contributed by atoms with van der Waals surface area (Å²) in [6, 6.07) is 0. The van der Waals surface area contributed by atoms with Crippen molar-refractivity contribution in [1.82, 2.24) is 0 Å². The van der Waals surface area contributed by atoms with Gasteiger partial charge >= 0.3 is 0 Å². The van der Waals surface area contributed by atoms with E-state index in [-0.39, 0.29) is 6.61 Å². The van der Waals surface area contributed by atoms with Crippen LogP contribution in [0.5, 0.6) is 0 Å². The molecule has 0 rings (SSSR count). The van der Waals surface area contributed by atoms with Crippen LogP contribution in [0.15, 0.2) is 0 Å². The SMILES string of the molecule is C#CCO[C@H](C)S(=O)(=O)O. The molecule has 5 heteroatoms. The van der Waals surface area contributed by atoms with E-state index in [0.29, 0.717) is 0 Å². The van der Waals surface area contributed by atoms with Gasteiger partial charge in [0.15, 0.2) is 5.44 Å². The normalized spacial score (nSPS) is 14.1. The molecule has 1 N–H and O–H groups in total. The minimum absolute atomic E-state index is 0.124. The molecule has 0 fully saturated rings. The van der Waals surface area contributed by atoms with E-state index in [4.69, 9.17) is 11.0 Å². The van der Waals surface area contributed by atoms with Crippen LogP contribution in [-0.2, 0) is 14.9 Å². The predicted molar refractivity (Wildman–Crippen MR) is 35.8 cm³/mol. The summed E-state index contributed by atoms with van der Waals surface area (Å²) in [6.45, 7) is 1.08. The van der Waals surface area contributed by atoms with E-state index in [2.05, 4.69) is 10.7 Å². The molecule has 0 aliphatic rings. The number of rotatable bonds is 3. The van der Waals surface area contributed by atoms with E-state index < -0.39 is 15.6 Å². The van der Waals surface area contributed by atoms with E-state index in [1.54, 1.807) is 0 Å². The van der Waals surface area contributed by atoms with Crippen molar-refractivity contribution in [2.45, 2.75) is 12.4 Å². The topological polar surface area (TPSA) is 63.6 Å². The smallest absolute Gasteiger partial charge is 0.292 e. The molecule has 0 saturated heterocycles. The fourth-order valence-corrected chi connectivity index (χ4v) is 0.491. The molecule has 0 saturated carbocycles. The highest BCUT2D eigenvalue weighted by Crippen LogP contribution is 1.97. The molecule has 10 heavy (non-hydrogen) atoms. The van der Waals surface area contributed by atoms with Gasteiger partial charge < -0.3 is 4.74 Å². The van der Waals surface area contributed by atoms with Crippen LogP contribution < -0.4 is 0 Å². The van der Waals surface area contributed by atoms with Crippen LogP contribution in [0.3, 0.4) is 0 Å². The third-order valence-corrected chi connectivity index (χ3v) is 1.80. The van der Waals surface area contributed by atoms with Crippen molar-refractivity contribution in [2.24, 2.45) is 0 Å². The highest BCUT2D eigenvalue weighted by atomic mass is 32.2. The highest BCUT2D eigenvalue weighted by Gasteiger charge is 2.16. The maximum atomic E-state index is 10.2. The molecule has 0 aliphatic carbocycles. The summed E-state index contributed by atoms with van der Waals surface area (Å²) in [5.41, 5.74) is -1.25. The standard InChI is InChI=1S/C5H8O4S/c1-3-4-9-5(2)10(6,7)8/h1,5H,4H2,2H3,(H,6,7,8)/t5-/m0/s1. The first-order chi connectivity index (χ1) is 4.48. The quantitative estimate of drug-likeness (QED) is 0.466. The maximum absolute atomic E-state index is 10.2. The molecule has 4 nitrogen and oxygen atoms in total. The van der Waals surface area contributed by atoms with E-state index in [1.807, 2.05) is 0 Å². The van der Waals surface area contributed by atoms with Gasteiger partial charge in [-0.1, -0.05) is 5.92 Å². The second-order valence-electron chi connectivity index (χ2n) is 1.60. The number of hydrogen-bond acceptors (Lipinski definition) is 3. The van der Waals surface area contributed by atoms with Crippen LogP contribution in [-0.4, -0.2) is 25.0 Å². The minimum Gasteiger partial charge on any atom is -0.347 e. The summed E-state index contributed by atoms with van der Waals surface area (Å²) >= 11 is 0. The third kappa shape index (κ3) is 3.45. The van der Waals surface area contributed by atoms with Gasteiger partial charge in [-0.05, 0) is 6.92 Å². The molecule has 0 aliphatic heterocycles. The molecule has 0 aromatic heterocycles. The van der Waals surface area contributed by atoms with Crippen LogP contribution in [0.25, 0.3) is 0 Å². The van der Waals surface area contributed by atoms with Gasteiger partial charge in [-0.2, -0.15) is 8.42 Å². The Morgan fingerprint density at radius 3 is 2.60 bits per heavy atom. The lowest BCUT2D eigenvalue weighted by atomic mass is 10.7. The van der Waals surface area contributed by atoms with Gasteiger partial charge in [0.1, 0.15) is 6.61 Å². The highest BCUT2D eigenvalue weighted by molar-refractivity contribution is 7.86. The van der Waals surface area contributed by atoms with Gasteiger partial charge in [0.2, 0.25) is 0 Å². The molecule has 0 unspecified atom stereocenters. The van der Waals surface area contributed by atoms with Crippen LogP contribution in [0.4, 0.5) is 0 Å². The largest absolute Gasteiger partial charge is 0.347 e. The first kappa shape index (κ1) is 9.43. The van der Waals surface area contributed by atoms with Crippen LogP contribution >= 0.6 is 0 Å². The Morgan fingerprint density at radius 1 is 1.80 bits per heavy atom. The third-order valence-electron chi connectivity index (χ3n) is 0.821. The molecule has 0 bridgehead atoms. The van der Waals surface area contributed by atoms with E-state index in [1.165, 1.54) is 6.92 Å². The molecule has 0 amide bonds. The monoisotopic (exact) mass is 164 g/mol. The Bertz CT molecular complexity index is 223. The second-order valence-corrected chi connectivity index (χ2v) is 3.29. The molecule has 0 aromatic carbocycles. The minimum atomic E-state index is -4.09. The fraction of sp³-hybridized carbons (Fsp3) is 0.600. The molecule has 1 atom stereocenters. The first-order valence-electron chi connectivity index (χ1n) is 2.50. The average molecular weight is 164 g/mol. The van der Waals surface area contributed by atoms with Crippen molar-refractivity contribution >= 4 is 10.1 Å². The van der Waals surface area contributed by atoms with Crippen LogP contribution in [0.1, 0.15) is 6.92 Å². The summed E-state index contributed by atoms with van der Waals surface area (Å²) in [5, 5.41) is 0. The molecule has 0 heterocycles. The molecular weight excluding hydrogens is 156 g/mol. The predicted octanol–water partition coefficient (Wildman–Crippen LogP) is -0.130. The first-order valence-corrected chi connectivity index (χ1v) is 4.00. The van der Waals surface area contributed by atoms with E-state index >= 15 is 0 Å². The molecule has 0 aromatic rings. The zero-order valence-electron chi connectivity index (χ0n) is 5.44. The van der Waals surface area contributed by atoms with Crippen molar-refractivity contribution < 1.29 is 17.7 Å². The molecule has 0 spiro atoms. The van der Waals surface area contributed by atoms with Crippen LogP contribution in [0, 0.1) is 12.3 Å². The van der Waals surface area contributed by atoms with Gasteiger partial charge in [0.25, 0.3) is 10.1 Å². The summed E-state index contributed by atoms with van der Waals surface area (Å²) in [4.78, 5) is 0. The molecular formula is C5H8O4S. The lowest BCUT2D eigenvalue weighted by Gasteiger charge is -2.05. The zero-order valence-corrected chi connectivity index (χ0v) is 6.26. The zero-order chi connectivity index (χ0) is 8.20. The Morgan fingerprint density at radius 2 is 2.30 bits per heavy atom. The second kappa shape index (κ2) is 3.56. The number of hydrogen-bond donors (Lipinski definition) is 1. The number of terminal acetylenes is 1. The van der Waals surface area contributed by atoms with Gasteiger partial charge in [-0.25, -0.2) is 0 Å². The van der Waals surface area contributed by atoms with Crippen molar-refractivity contribution in [3.63, 3.8) is 0 Å². The summed E-state index contributed by atoms with van der Waals surface area (Å²) < 4.78 is 33.2. The molecule has 58 valence electrons. The van der Waals surface area contributed by atoms with E-state index in [9.17, 15) is 8.42 Å². The summed E-state index contributed by atoms with van der Waals surface area (Å²) in [6.07, 6.45) is 4.77. The summed E-state index contributed by atoms with van der Waals surface area (Å²) in [7, 11) is -4.09. The van der Waals surface area contributed by atoms with Gasteiger partial charge in [-0.3, -0.25) is 4.55 Å². The van der Waals surface area contributed by atoms with Crippen molar-refractivity contribution in [1.29, 1.82) is 0 Å². The lowest BCUT2D eigenvalue weighted by molar-refractivity contribution is 0.140. The average Bonchev–Trinajstić information content (AvgIpc) is 1.80. The van der Waals surface area contributed by atoms with Gasteiger partial charge in [0, 0.05) is 0 Å². The van der Waals surface area contributed by atoms with Crippen LogP contribution in [0.2, 0.25) is 0 Å². The van der Waals surface area contributed by atoms with Crippen molar-refractivity contribution in [3.05, 3.63) is 0 Å². The Kier molecular flexibility index (Phi) is 3.36. The van der Waals surface area contributed by atoms with Crippen molar-refractivity contribution in [2.75, 3.05) is 6.61 Å². The molecule has 0 radical (unpaired) electrons. The summed E-state index contributed by atoms with van der Waals surface area (Å²) in [5.74, 6) is 2.07. The van der Waals surface area contributed by atoms with Crippen molar-refractivity contribution in [3.8, 4) is 12.3 Å². The lowest BCUT2D eigenvalue weighted by Crippen LogP contribution is -2.20. The van der Waals surface area contributed by atoms with Gasteiger partial charge in [0.05, 0.1) is 0 Å². The maximum Gasteiger partial charge on any atom is 0.292 e. The van der Waals surface area contributed by atoms with Gasteiger partial charge in [-0.15, -0.1) is 6.42 Å². The Balaban J connectivity index is 3.90. The Hall–Kier alpha value is -0.570. The Labute approximate surface area is 59.9 Å². The number of ether oxygens (including phenoxy) is 1. The fourth-order valence-electron chi connectivity index (χ4n) is 0.251. The van der Waals surface area contributed by atoms with E-state index in [0.717, 1.165) is 0 Å².